The number of pyridine rings is 1. The van der Waals surface area contributed by atoms with Crippen molar-refractivity contribution >= 4 is 5.91 Å². The minimum Gasteiger partial charge on any atom is -0.370 e. The zero-order valence-electron chi connectivity index (χ0n) is 18.0. The van der Waals surface area contributed by atoms with Gasteiger partial charge in [0.1, 0.15) is 29.6 Å². The molecule has 2 fully saturated rings. The third kappa shape index (κ3) is 4.23. The summed E-state index contributed by atoms with van der Waals surface area (Å²) in [4.78, 5) is 21.1. The van der Waals surface area contributed by atoms with Gasteiger partial charge in [0.05, 0.1) is 25.2 Å². The van der Waals surface area contributed by atoms with Gasteiger partial charge >= 0.3 is 0 Å². The van der Waals surface area contributed by atoms with Crippen molar-refractivity contribution in [1.29, 1.82) is 5.26 Å². The van der Waals surface area contributed by atoms with Gasteiger partial charge in [-0.1, -0.05) is 12.1 Å². The van der Waals surface area contributed by atoms with Crippen molar-refractivity contribution < 1.29 is 18.3 Å². The second kappa shape index (κ2) is 9.20. The number of hydrogen-bond acceptors (Lipinski definition) is 8. The molecule has 1 amide bonds. The number of tetrazole rings is 1. The van der Waals surface area contributed by atoms with Crippen molar-refractivity contribution in [1.82, 2.24) is 35.0 Å². The van der Waals surface area contributed by atoms with Crippen LogP contribution in [0.1, 0.15) is 22.8 Å². The van der Waals surface area contributed by atoms with E-state index >= 15 is 0 Å². The Kier molecular flexibility index (Phi) is 5.95. The van der Waals surface area contributed by atoms with E-state index in [9.17, 15) is 13.6 Å². The number of carbonyl (C=O) groups is 1. The molecule has 174 valence electrons. The number of fused-ring (bicyclic) bond motifs is 1. The van der Waals surface area contributed by atoms with Crippen molar-refractivity contribution in [3.05, 3.63) is 65.1 Å². The number of nitriles is 1. The van der Waals surface area contributed by atoms with Gasteiger partial charge in [-0.2, -0.15) is 9.94 Å². The van der Waals surface area contributed by atoms with Crippen molar-refractivity contribution in [2.75, 3.05) is 32.8 Å². The topological polar surface area (TPSA) is 113 Å². The highest BCUT2D eigenvalue weighted by molar-refractivity contribution is 5.78. The maximum absolute atomic E-state index is 14.6. The predicted octanol–water partition coefficient (Wildman–Crippen LogP) is 1.03. The summed E-state index contributed by atoms with van der Waals surface area (Å²) in [5, 5.41) is 19.9. The molecule has 1 aromatic carbocycles. The fourth-order valence-electron chi connectivity index (χ4n) is 4.33. The van der Waals surface area contributed by atoms with Gasteiger partial charge < -0.3 is 9.64 Å². The molecular weight excluding hydrogens is 446 g/mol. The number of ether oxygens (including phenoxy) is 1. The highest BCUT2D eigenvalue weighted by Gasteiger charge is 2.36. The van der Waals surface area contributed by atoms with Gasteiger partial charge in [-0.25, -0.2) is 13.8 Å². The molecule has 34 heavy (non-hydrogen) atoms. The standard InChI is InChI=1S/C22H20F2N8O2/c23-18-3-2-16(22(24)17(18)8-25)19-11-30-5-6-31(10-15(30)12-34-19)21(33)7-14-1-4-20(26-9-14)32-13-27-28-29-32/h1-4,9,13,15,19H,5-7,10-12H2. The highest BCUT2D eigenvalue weighted by Crippen LogP contribution is 2.30. The van der Waals surface area contributed by atoms with Crippen LogP contribution >= 0.6 is 0 Å². The van der Waals surface area contributed by atoms with E-state index in [1.165, 1.54) is 17.1 Å². The van der Waals surface area contributed by atoms with Gasteiger partial charge in [0, 0.05) is 37.9 Å². The van der Waals surface area contributed by atoms with Crippen molar-refractivity contribution in [3.8, 4) is 11.9 Å². The van der Waals surface area contributed by atoms with E-state index in [2.05, 4.69) is 25.4 Å². The smallest absolute Gasteiger partial charge is 0.227 e. The summed E-state index contributed by atoms with van der Waals surface area (Å²) in [5.41, 5.74) is 0.357. The molecule has 5 rings (SSSR count). The van der Waals surface area contributed by atoms with Gasteiger partial charge in [-0.05, 0) is 28.1 Å². The summed E-state index contributed by atoms with van der Waals surface area (Å²) in [6, 6.07) is 7.54. The van der Waals surface area contributed by atoms with Crippen LogP contribution in [0.4, 0.5) is 8.78 Å². The fraction of sp³-hybridized carbons (Fsp3) is 0.364. The molecule has 2 aliphatic rings. The Morgan fingerprint density at radius 2 is 2.09 bits per heavy atom. The van der Waals surface area contributed by atoms with Crippen LogP contribution in [-0.4, -0.2) is 79.7 Å². The summed E-state index contributed by atoms with van der Waals surface area (Å²) >= 11 is 0. The Labute approximate surface area is 193 Å². The average Bonchev–Trinajstić information content (AvgIpc) is 3.39. The molecule has 2 saturated heterocycles. The second-order valence-electron chi connectivity index (χ2n) is 8.20. The molecular formula is C22H20F2N8O2. The van der Waals surface area contributed by atoms with Crippen LogP contribution in [0.25, 0.3) is 5.82 Å². The van der Waals surface area contributed by atoms with E-state index in [1.807, 2.05) is 6.07 Å². The van der Waals surface area contributed by atoms with E-state index in [1.54, 1.807) is 23.2 Å². The molecule has 0 saturated carbocycles. The number of nitrogens with zero attached hydrogens (tertiary/aromatic N) is 8. The van der Waals surface area contributed by atoms with E-state index < -0.39 is 23.3 Å². The SMILES string of the molecule is N#Cc1c(F)ccc(C2CN3CCN(C(=O)Cc4ccc(-n5cnnn5)nc4)CC3CO2)c1F. The largest absolute Gasteiger partial charge is 0.370 e. The monoisotopic (exact) mass is 466 g/mol. The molecule has 0 bridgehead atoms. The first-order chi connectivity index (χ1) is 16.5. The van der Waals surface area contributed by atoms with Crippen LogP contribution in [0.5, 0.6) is 0 Å². The third-order valence-electron chi connectivity index (χ3n) is 6.18. The summed E-state index contributed by atoms with van der Waals surface area (Å²) in [7, 11) is 0. The van der Waals surface area contributed by atoms with E-state index in [-0.39, 0.29) is 23.9 Å². The minimum absolute atomic E-state index is 0.0120. The quantitative estimate of drug-likeness (QED) is 0.561. The van der Waals surface area contributed by atoms with Crippen LogP contribution in [0.15, 0.2) is 36.8 Å². The van der Waals surface area contributed by atoms with Gasteiger partial charge in [0.15, 0.2) is 5.82 Å². The zero-order valence-corrected chi connectivity index (χ0v) is 18.0. The number of carbonyl (C=O) groups excluding carboxylic acids is 1. The molecule has 2 aromatic heterocycles. The molecule has 10 nitrogen and oxygen atoms in total. The Morgan fingerprint density at radius 1 is 1.21 bits per heavy atom. The lowest BCUT2D eigenvalue weighted by molar-refractivity contribution is -0.139. The molecule has 0 radical (unpaired) electrons. The molecule has 0 N–H and O–H groups in total. The molecule has 2 atom stereocenters. The maximum atomic E-state index is 14.6. The van der Waals surface area contributed by atoms with E-state index in [4.69, 9.17) is 10.00 Å². The van der Waals surface area contributed by atoms with Gasteiger partial charge in [0.25, 0.3) is 0 Å². The lowest BCUT2D eigenvalue weighted by Gasteiger charge is -2.46. The van der Waals surface area contributed by atoms with Crippen molar-refractivity contribution in [3.63, 3.8) is 0 Å². The summed E-state index contributed by atoms with van der Waals surface area (Å²) < 4.78 is 35.6. The summed E-state index contributed by atoms with van der Waals surface area (Å²) in [5.74, 6) is -1.21. The van der Waals surface area contributed by atoms with Gasteiger partial charge in [-0.3, -0.25) is 9.69 Å². The molecule has 2 unspecified atom stereocenters. The van der Waals surface area contributed by atoms with Crippen LogP contribution < -0.4 is 0 Å². The second-order valence-corrected chi connectivity index (χ2v) is 8.20. The van der Waals surface area contributed by atoms with Crippen molar-refractivity contribution in [2.45, 2.75) is 18.6 Å². The molecule has 0 spiro atoms. The molecule has 2 aliphatic heterocycles. The first-order valence-corrected chi connectivity index (χ1v) is 10.7. The van der Waals surface area contributed by atoms with Crippen LogP contribution in [0, 0.1) is 23.0 Å². The van der Waals surface area contributed by atoms with Crippen LogP contribution in [0.2, 0.25) is 0 Å². The van der Waals surface area contributed by atoms with Crippen LogP contribution in [0.3, 0.4) is 0 Å². The number of rotatable bonds is 4. The summed E-state index contributed by atoms with van der Waals surface area (Å²) in [6.07, 6.45) is 2.69. The van der Waals surface area contributed by atoms with Crippen molar-refractivity contribution in [2.24, 2.45) is 0 Å². The third-order valence-corrected chi connectivity index (χ3v) is 6.18. The van der Waals surface area contributed by atoms with E-state index in [0.29, 0.717) is 38.6 Å². The lowest BCUT2D eigenvalue weighted by atomic mass is 10.0. The van der Waals surface area contributed by atoms with Crippen LogP contribution in [-0.2, 0) is 16.0 Å². The Balaban J connectivity index is 1.19. The molecule has 3 aromatic rings. The number of aromatic nitrogens is 5. The molecule has 0 aliphatic carbocycles. The maximum Gasteiger partial charge on any atom is 0.227 e. The Morgan fingerprint density at radius 3 is 2.82 bits per heavy atom. The Bertz CT molecular complexity index is 1230. The highest BCUT2D eigenvalue weighted by atomic mass is 19.1. The van der Waals surface area contributed by atoms with Gasteiger partial charge in [-0.15, -0.1) is 5.10 Å². The molecule has 4 heterocycles. The summed E-state index contributed by atoms with van der Waals surface area (Å²) in [6.45, 7) is 2.35. The number of halogens is 2. The first-order valence-electron chi connectivity index (χ1n) is 10.7. The first kappa shape index (κ1) is 22.0. The Hall–Kier alpha value is -3.82. The molecule has 12 heteroatoms. The fourth-order valence-corrected chi connectivity index (χ4v) is 4.33. The predicted molar refractivity (Wildman–Crippen MR) is 112 cm³/mol. The number of morpholine rings is 1. The van der Waals surface area contributed by atoms with Gasteiger partial charge in [0.2, 0.25) is 5.91 Å². The van der Waals surface area contributed by atoms with E-state index in [0.717, 1.165) is 11.6 Å². The number of piperazine rings is 1. The number of amides is 1. The zero-order chi connectivity index (χ0) is 23.7. The number of benzene rings is 1. The number of hydrogen-bond donors (Lipinski definition) is 0. The minimum atomic E-state index is -0.884. The lowest BCUT2D eigenvalue weighted by Crippen LogP contribution is -2.59. The average molecular weight is 466 g/mol. The normalized spacial score (nSPS) is 20.6.